The lowest BCUT2D eigenvalue weighted by Gasteiger charge is -2.23. The average Bonchev–Trinajstić information content (AvgIpc) is 3.03. The highest BCUT2D eigenvalue weighted by atomic mass is 16.5. The molecule has 5 nitrogen and oxygen atoms in total. The van der Waals surface area contributed by atoms with E-state index in [1.807, 2.05) is 20.8 Å². The molecule has 1 unspecified atom stereocenters. The highest BCUT2D eigenvalue weighted by Crippen LogP contribution is 2.38. The van der Waals surface area contributed by atoms with Gasteiger partial charge in [0.1, 0.15) is 11.3 Å². The summed E-state index contributed by atoms with van der Waals surface area (Å²) < 4.78 is 10.6. The van der Waals surface area contributed by atoms with Gasteiger partial charge in [-0.05, 0) is 44.4 Å². The molecule has 1 aromatic rings. The molecule has 1 aromatic carbocycles. The van der Waals surface area contributed by atoms with Crippen LogP contribution in [0.15, 0.2) is 18.2 Å². The van der Waals surface area contributed by atoms with Gasteiger partial charge < -0.3 is 14.8 Å². The first kappa shape index (κ1) is 18.3. The number of esters is 1. The zero-order valence-electron chi connectivity index (χ0n) is 15.0. The van der Waals surface area contributed by atoms with E-state index in [1.165, 1.54) is 7.11 Å². The van der Waals surface area contributed by atoms with Crippen molar-refractivity contribution < 1.29 is 19.1 Å². The maximum Gasteiger partial charge on any atom is 0.341 e. The minimum absolute atomic E-state index is 0.00594. The van der Waals surface area contributed by atoms with E-state index in [0.29, 0.717) is 17.0 Å². The van der Waals surface area contributed by atoms with Crippen molar-refractivity contribution in [1.82, 2.24) is 0 Å². The number of anilines is 1. The number of nitrogens with one attached hydrogen (secondary N) is 1. The standard InChI is InChI=1S/C19H27NO4/c1-5-13(2)24-16-9-8-14(12-15(16)17(21)23-4)20-18(22)19(3)10-6-7-11-19/h8-9,12-13H,5-7,10-11H2,1-4H3,(H,20,22). The van der Waals surface area contributed by atoms with Crippen LogP contribution in [-0.4, -0.2) is 25.1 Å². The van der Waals surface area contributed by atoms with Crippen LogP contribution in [0.1, 0.15) is 63.2 Å². The highest BCUT2D eigenvalue weighted by Gasteiger charge is 2.36. The molecule has 1 aliphatic carbocycles. The summed E-state index contributed by atoms with van der Waals surface area (Å²) in [5.74, 6) is 0.00386. The van der Waals surface area contributed by atoms with Crippen LogP contribution in [0.4, 0.5) is 5.69 Å². The largest absolute Gasteiger partial charge is 0.490 e. The van der Waals surface area contributed by atoms with Gasteiger partial charge in [-0.15, -0.1) is 0 Å². The quantitative estimate of drug-likeness (QED) is 0.794. The van der Waals surface area contributed by atoms with E-state index >= 15 is 0 Å². The predicted molar refractivity (Wildman–Crippen MR) is 93.4 cm³/mol. The minimum atomic E-state index is -0.475. The fourth-order valence-electron chi connectivity index (χ4n) is 2.94. The molecule has 2 rings (SSSR count). The molecule has 5 heteroatoms. The summed E-state index contributed by atoms with van der Waals surface area (Å²) in [6.45, 7) is 5.95. The van der Waals surface area contributed by atoms with E-state index in [-0.39, 0.29) is 17.4 Å². The van der Waals surface area contributed by atoms with Crippen LogP contribution in [0.5, 0.6) is 5.75 Å². The third kappa shape index (κ3) is 4.08. The molecule has 0 spiro atoms. The molecule has 1 fully saturated rings. The van der Waals surface area contributed by atoms with Gasteiger partial charge in [-0.1, -0.05) is 26.7 Å². The van der Waals surface area contributed by atoms with Crippen molar-refractivity contribution in [3.05, 3.63) is 23.8 Å². The number of carbonyl (C=O) groups is 2. The van der Waals surface area contributed by atoms with Crippen LogP contribution < -0.4 is 10.1 Å². The second-order valence-corrected chi connectivity index (χ2v) is 6.76. The lowest BCUT2D eigenvalue weighted by Crippen LogP contribution is -2.30. The Labute approximate surface area is 143 Å². The van der Waals surface area contributed by atoms with Gasteiger partial charge >= 0.3 is 5.97 Å². The number of rotatable bonds is 6. The van der Waals surface area contributed by atoms with Crippen molar-refractivity contribution in [3.63, 3.8) is 0 Å². The van der Waals surface area contributed by atoms with Crippen molar-refractivity contribution in [2.24, 2.45) is 5.41 Å². The van der Waals surface area contributed by atoms with E-state index in [0.717, 1.165) is 32.1 Å². The fourth-order valence-corrected chi connectivity index (χ4v) is 2.94. The van der Waals surface area contributed by atoms with Crippen LogP contribution in [-0.2, 0) is 9.53 Å². The molecule has 1 amide bonds. The van der Waals surface area contributed by atoms with Gasteiger partial charge in [0.25, 0.3) is 0 Å². The number of amides is 1. The Morgan fingerprint density at radius 2 is 1.96 bits per heavy atom. The summed E-state index contributed by atoms with van der Waals surface area (Å²) >= 11 is 0. The van der Waals surface area contributed by atoms with E-state index in [1.54, 1.807) is 18.2 Å². The topological polar surface area (TPSA) is 64.6 Å². The molecule has 0 bridgehead atoms. The Morgan fingerprint density at radius 1 is 1.29 bits per heavy atom. The fraction of sp³-hybridized carbons (Fsp3) is 0.579. The Balaban J connectivity index is 2.22. The van der Waals surface area contributed by atoms with Gasteiger partial charge in [0.15, 0.2) is 0 Å². The van der Waals surface area contributed by atoms with E-state index in [9.17, 15) is 9.59 Å². The third-order valence-electron chi connectivity index (χ3n) is 4.80. The van der Waals surface area contributed by atoms with Crippen LogP contribution in [0.2, 0.25) is 0 Å². The van der Waals surface area contributed by atoms with Crippen LogP contribution in [0.3, 0.4) is 0 Å². The Kier molecular flexibility index (Phi) is 5.86. The van der Waals surface area contributed by atoms with Crippen LogP contribution in [0, 0.1) is 5.41 Å². The maximum atomic E-state index is 12.5. The van der Waals surface area contributed by atoms with Gasteiger partial charge in [0.05, 0.1) is 13.2 Å². The second kappa shape index (κ2) is 7.69. The Bertz CT molecular complexity index is 605. The molecule has 1 aliphatic rings. The Hall–Kier alpha value is -2.04. The number of hydrogen-bond donors (Lipinski definition) is 1. The number of methoxy groups -OCH3 is 1. The summed E-state index contributed by atoms with van der Waals surface area (Å²) in [6, 6.07) is 5.10. The normalized spacial score (nSPS) is 17.2. The van der Waals surface area contributed by atoms with Crippen molar-refractivity contribution in [1.29, 1.82) is 0 Å². The first-order valence-electron chi connectivity index (χ1n) is 8.60. The van der Waals surface area contributed by atoms with Crippen molar-refractivity contribution >= 4 is 17.6 Å². The summed E-state index contributed by atoms with van der Waals surface area (Å²) in [5.41, 5.74) is 0.592. The first-order chi connectivity index (χ1) is 11.4. The molecule has 24 heavy (non-hydrogen) atoms. The van der Waals surface area contributed by atoms with Crippen LogP contribution in [0.25, 0.3) is 0 Å². The molecular formula is C19H27NO4. The van der Waals surface area contributed by atoms with Gasteiger partial charge in [0.2, 0.25) is 5.91 Å². The van der Waals surface area contributed by atoms with E-state index < -0.39 is 5.97 Å². The molecule has 0 aromatic heterocycles. The monoisotopic (exact) mass is 333 g/mol. The predicted octanol–water partition coefficient (Wildman–Crippen LogP) is 4.17. The molecule has 132 valence electrons. The first-order valence-corrected chi connectivity index (χ1v) is 8.60. The van der Waals surface area contributed by atoms with E-state index in [4.69, 9.17) is 9.47 Å². The van der Waals surface area contributed by atoms with Gasteiger partial charge in [-0.2, -0.15) is 0 Å². The number of ether oxygens (including phenoxy) is 2. The van der Waals surface area contributed by atoms with E-state index in [2.05, 4.69) is 5.32 Å². The van der Waals surface area contributed by atoms with Crippen molar-refractivity contribution in [2.75, 3.05) is 12.4 Å². The molecule has 1 N–H and O–H groups in total. The lowest BCUT2D eigenvalue weighted by atomic mass is 9.88. The lowest BCUT2D eigenvalue weighted by molar-refractivity contribution is -0.124. The smallest absolute Gasteiger partial charge is 0.341 e. The molecule has 0 heterocycles. The Morgan fingerprint density at radius 3 is 2.54 bits per heavy atom. The van der Waals surface area contributed by atoms with Crippen molar-refractivity contribution in [2.45, 2.75) is 59.0 Å². The molecule has 0 aliphatic heterocycles. The third-order valence-corrected chi connectivity index (χ3v) is 4.80. The number of benzene rings is 1. The summed E-state index contributed by atoms with van der Waals surface area (Å²) in [5, 5.41) is 2.94. The van der Waals surface area contributed by atoms with Gasteiger partial charge in [0, 0.05) is 11.1 Å². The maximum absolute atomic E-state index is 12.5. The summed E-state index contributed by atoms with van der Waals surface area (Å²) in [6.07, 6.45) is 4.79. The van der Waals surface area contributed by atoms with Gasteiger partial charge in [-0.3, -0.25) is 4.79 Å². The van der Waals surface area contributed by atoms with Crippen molar-refractivity contribution in [3.8, 4) is 5.75 Å². The number of hydrogen-bond acceptors (Lipinski definition) is 4. The molecule has 0 saturated heterocycles. The zero-order chi connectivity index (χ0) is 17.7. The van der Waals surface area contributed by atoms with Gasteiger partial charge in [-0.25, -0.2) is 4.79 Å². The molecular weight excluding hydrogens is 306 g/mol. The molecule has 1 atom stereocenters. The minimum Gasteiger partial charge on any atom is -0.490 e. The highest BCUT2D eigenvalue weighted by molar-refractivity contribution is 5.98. The summed E-state index contributed by atoms with van der Waals surface area (Å²) in [4.78, 5) is 24.6. The second-order valence-electron chi connectivity index (χ2n) is 6.76. The zero-order valence-corrected chi connectivity index (χ0v) is 15.0. The number of carbonyl (C=O) groups excluding carboxylic acids is 2. The molecule has 0 radical (unpaired) electrons. The summed E-state index contributed by atoms with van der Waals surface area (Å²) in [7, 11) is 1.33. The van der Waals surface area contributed by atoms with Crippen LogP contribution >= 0.6 is 0 Å². The SMILES string of the molecule is CCC(C)Oc1ccc(NC(=O)C2(C)CCCC2)cc1C(=O)OC. The molecule has 1 saturated carbocycles. The average molecular weight is 333 g/mol.